The number of esters is 1. The minimum absolute atomic E-state index is 0.269. The zero-order chi connectivity index (χ0) is 18.7. The van der Waals surface area contributed by atoms with Gasteiger partial charge in [0.05, 0.1) is 13.2 Å². The quantitative estimate of drug-likeness (QED) is 0.511. The Kier molecular flexibility index (Phi) is 10.4. The second-order valence-electron chi connectivity index (χ2n) is 5.38. The van der Waals surface area contributed by atoms with Gasteiger partial charge >= 0.3 is 11.9 Å². The molecule has 0 aliphatic rings. The van der Waals surface area contributed by atoms with Crippen molar-refractivity contribution in [3.8, 4) is 0 Å². The van der Waals surface area contributed by atoms with E-state index >= 15 is 0 Å². The van der Waals surface area contributed by atoms with Gasteiger partial charge in [-0.25, -0.2) is 4.79 Å². The summed E-state index contributed by atoms with van der Waals surface area (Å²) in [7, 11) is 1.58. The van der Waals surface area contributed by atoms with Crippen LogP contribution in [0.25, 0.3) is 0 Å². The standard InChI is InChI=1S/C15H23NO3.C2H5NO2/c1-10-8-12(3)14(9-11(10)2)16-13(4)15(17)19-7-6-18-5;3-1-2(4)5/h8-9,13,16H,6-7H2,1-5H3;1,3H2,(H,4,5)/t13-;/m0./s1. The lowest BCUT2D eigenvalue weighted by Crippen LogP contribution is -2.29. The predicted molar refractivity (Wildman–Crippen MR) is 93.3 cm³/mol. The molecular formula is C17H28N2O5. The monoisotopic (exact) mass is 340 g/mol. The van der Waals surface area contributed by atoms with Gasteiger partial charge in [0.25, 0.3) is 0 Å². The molecule has 0 unspecified atom stereocenters. The Morgan fingerprint density at radius 1 is 1.17 bits per heavy atom. The summed E-state index contributed by atoms with van der Waals surface area (Å²) >= 11 is 0. The molecule has 0 aliphatic heterocycles. The van der Waals surface area contributed by atoms with Crippen molar-refractivity contribution in [1.29, 1.82) is 0 Å². The third-order valence-electron chi connectivity index (χ3n) is 3.27. The molecule has 7 nitrogen and oxygen atoms in total. The average Bonchev–Trinajstić information content (AvgIpc) is 2.53. The molecule has 0 saturated heterocycles. The van der Waals surface area contributed by atoms with E-state index in [1.165, 1.54) is 11.1 Å². The summed E-state index contributed by atoms with van der Waals surface area (Å²) in [4.78, 5) is 21.0. The molecule has 0 fully saturated rings. The van der Waals surface area contributed by atoms with Gasteiger partial charge in [0.1, 0.15) is 12.6 Å². The number of hydrogen-bond acceptors (Lipinski definition) is 6. The van der Waals surface area contributed by atoms with E-state index in [-0.39, 0.29) is 25.2 Å². The van der Waals surface area contributed by atoms with Crippen LogP contribution in [0, 0.1) is 20.8 Å². The molecule has 1 atom stereocenters. The zero-order valence-electron chi connectivity index (χ0n) is 15.0. The van der Waals surface area contributed by atoms with Crippen molar-refractivity contribution in [3.63, 3.8) is 0 Å². The number of nitrogens with one attached hydrogen (secondary N) is 1. The summed E-state index contributed by atoms with van der Waals surface area (Å²) < 4.78 is 9.92. The first kappa shape index (κ1) is 21.9. The number of methoxy groups -OCH3 is 1. The smallest absolute Gasteiger partial charge is 0.328 e. The minimum Gasteiger partial charge on any atom is -0.480 e. The van der Waals surface area contributed by atoms with Crippen LogP contribution >= 0.6 is 0 Å². The Hall–Kier alpha value is -2.12. The van der Waals surface area contributed by atoms with Gasteiger partial charge < -0.3 is 25.6 Å². The van der Waals surface area contributed by atoms with Crippen LogP contribution in [-0.4, -0.2) is 50.0 Å². The van der Waals surface area contributed by atoms with E-state index in [1.807, 2.05) is 6.92 Å². The number of carboxylic acids is 1. The molecule has 0 radical (unpaired) electrons. The zero-order valence-corrected chi connectivity index (χ0v) is 15.0. The fourth-order valence-corrected chi connectivity index (χ4v) is 1.76. The SMILES string of the molecule is COCCOC(=O)[C@H](C)Nc1cc(C)c(C)cc1C.NCC(=O)O. The van der Waals surface area contributed by atoms with E-state index in [0.29, 0.717) is 6.61 Å². The number of carbonyl (C=O) groups excluding carboxylic acids is 1. The number of hydrogen-bond donors (Lipinski definition) is 3. The Balaban J connectivity index is 0.000000922. The van der Waals surface area contributed by atoms with Crippen LogP contribution in [0.4, 0.5) is 5.69 Å². The molecule has 1 aromatic carbocycles. The number of ether oxygens (including phenoxy) is 2. The molecule has 0 aromatic heterocycles. The highest BCUT2D eigenvalue weighted by atomic mass is 16.6. The van der Waals surface area contributed by atoms with Crippen LogP contribution < -0.4 is 11.1 Å². The van der Waals surface area contributed by atoms with Gasteiger partial charge in [0.2, 0.25) is 0 Å². The third-order valence-corrected chi connectivity index (χ3v) is 3.27. The average molecular weight is 340 g/mol. The topological polar surface area (TPSA) is 111 Å². The first-order valence-electron chi connectivity index (χ1n) is 7.64. The van der Waals surface area contributed by atoms with E-state index in [0.717, 1.165) is 11.3 Å². The van der Waals surface area contributed by atoms with Crippen LogP contribution in [0.5, 0.6) is 0 Å². The molecule has 4 N–H and O–H groups in total. The van der Waals surface area contributed by atoms with Crippen molar-refractivity contribution in [1.82, 2.24) is 0 Å². The lowest BCUT2D eigenvalue weighted by Gasteiger charge is -2.17. The first-order valence-corrected chi connectivity index (χ1v) is 7.64. The molecular weight excluding hydrogens is 312 g/mol. The molecule has 0 saturated carbocycles. The molecule has 0 amide bonds. The molecule has 0 bridgehead atoms. The second kappa shape index (κ2) is 11.4. The summed E-state index contributed by atoms with van der Waals surface area (Å²) in [5.41, 5.74) is 9.12. The van der Waals surface area contributed by atoms with Crippen molar-refractivity contribution in [2.24, 2.45) is 5.73 Å². The van der Waals surface area contributed by atoms with Gasteiger partial charge in [0.15, 0.2) is 0 Å². The van der Waals surface area contributed by atoms with Crippen LogP contribution in [0.15, 0.2) is 12.1 Å². The lowest BCUT2D eigenvalue weighted by atomic mass is 10.0. The maximum Gasteiger partial charge on any atom is 0.328 e. The summed E-state index contributed by atoms with van der Waals surface area (Å²) in [6, 6.07) is 3.79. The van der Waals surface area contributed by atoms with Crippen LogP contribution in [0.2, 0.25) is 0 Å². The van der Waals surface area contributed by atoms with E-state index in [9.17, 15) is 9.59 Å². The number of carbonyl (C=O) groups is 2. The first-order chi connectivity index (χ1) is 11.2. The second-order valence-corrected chi connectivity index (χ2v) is 5.38. The fourth-order valence-electron chi connectivity index (χ4n) is 1.76. The summed E-state index contributed by atoms with van der Waals surface area (Å²) in [6.45, 7) is 8.38. The molecule has 0 spiro atoms. The highest BCUT2D eigenvalue weighted by Gasteiger charge is 2.15. The number of aliphatic carboxylic acids is 1. The number of anilines is 1. The Morgan fingerprint density at radius 3 is 2.21 bits per heavy atom. The molecule has 1 aromatic rings. The van der Waals surface area contributed by atoms with Gasteiger partial charge in [-0.05, 0) is 50.5 Å². The van der Waals surface area contributed by atoms with E-state index in [2.05, 4.69) is 37.0 Å². The molecule has 24 heavy (non-hydrogen) atoms. The third kappa shape index (κ3) is 8.50. The maximum atomic E-state index is 11.7. The van der Waals surface area contributed by atoms with Crippen molar-refractivity contribution >= 4 is 17.6 Å². The fraction of sp³-hybridized carbons (Fsp3) is 0.529. The number of aryl methyl sites for hydroxylation is 3. The van der Waals surface area contributed by atoms with Gasteiger partial charge in [-0.3, -0.25) is 4.79 Å². The minimum atomic E-state index is -0.968. The van der Waals surface area contributed by atoms with Crippen molar-refractivity contribution < 1.29 is 24.2 Å². The van der Waals surface area contributed by atoms with Gasteiger partial charge in [0, 0.05) is 12.8 Å². The van der Waals surface area contributed by atoms with Gasteiger partial charge in [-0.15, -0.1) is 0 Å². The number of nitrogens with two attached hydrogens (primary N) is 1. The Bertz CT molecular complexity index is 546. The van der Waals surface area contributed by atoms with Crippen molar-refractivity contribution in [2.45, 2.75) is 33.7 Å². The lowest BCUT2D eigenvalue weighted by molar-refractivity contribution is -0.145. The van der Waals surface area contributed by atoms with E-state index < -0.39 is 5.97 Å². The molecule has 0 heterocycles. The Labute approximate surface area is 143 Å². The largest absolute Gasteiger partial charge is 0.480 e. The van der Waals surface area contributed by atoms with Gasteiger partial charge in [-0.2, -0.15) is 0 Å². The number of carboxylic acid groups (broad SMARTS) is 1. The summed E-state index contributed by atoms with van der Waals surface area (Å²) in [5.74, 6) is -1.24. The molecule has 136 valence electrons. The summed E-state index contributed by atoms with van der Waals surface area (Å²) in [6.07, 6.45) is 0. The highest BCUT2D eigenvalue weighted by molar-refractivity contribution is 5.79. The Morgan fingerprint density at radius 2 is 1.71 bits per heavy atom. The molecule has 7 heteroatoms. The normalized spacial score (nSPS) is 11.1. The van der Waals surface area contributed by atoms with Crippen molar-refractivity contribution in [3.05, 3.63) is 28.8 Å². The van der Waals surface area contributed by atoms with Gasteiger partial charge in [-0.1, -0.05) is 6.07 Å². The predicted octanol–water partition coefficient (Wildman–Crippen LogP) is 1.63. The van der Waals surface area contributed by atoms with Crippen molar-refractivity contribution in [2.75, 3.05) is 32.2 Å². The maximum absolute atomic E-state index is 11.7. The van der Waals surface area contributed by atoms with E-state index in [4.69, 9.17) is 14.6 Å². The number of benzene rings is 1. The molecule has 1 rings (SSSR count). The highest BCUT2D eigenvalue weighted by Crippen LogP contribution is 2.20. The van der Waals surface area contributed by atoms with Crippen LogP contribution in [0.1, 0.15) is 23.6 Å². The van der Waals surface area contributed by atoms with E-state index in [1.54, 1.807) is 14.0 Å². The summed E-state index contributed by atoms with van der Waals surface area (Å²) in [5, 5.41) is 10.8. The number of rotatable bonds is 7. The van der Waals surface area contributed by atoms with Crippen LogP contribution in [0.3, 0.4) is 0 Å². The van der Waals surface area contributed by atoms with Crippen LogP contribution in [-0.2, 0) is 19.1 Å². The molecule has 0 aliphatic carbocycles.